The number of likely N-dealkylation sites (N-methyl/N-ethyl adjacent to an activating group) is 1. The van der Waals surface area contributed by atoms with Crippen LogP contribution in [0.25, 0.3) is 0 Å². The number of carbonyl (C=O) groups is 1. The molecular weight excluding hydrogens is 342 g/mol. The summed E-state index contributed by atoms with van der Waals surface area (Å²) >= 11 is 0. The third-order valence-electron chi connectivity index (χ3n) is 4.34. The molecule has 1 fully saturated rings. The molecule has 7 heteroatoms. The molecule has 1 saturated heterocycles. The first-order valence-corrected chi connectivity index (χ1v) is 9.30. The highest BCUT2D eigenvalue weighted by atomic mass is 16.5. The van der Waals surface area contributed by atoms with Crippen molar-refractivity contribution in [3.63, 3.8) is 0 Å². The number of carbonyl (C=O) groups excluding carboxylic acids is 1. The Balaban J connectivity index is 2.02. The minimum absolute atomic E-state index is 0.00387. The molecule has 0 radical (unpaired) electrons. The number of benzene rings is 1. The standard InChI is InChI=1S/C20H31N5O2/c1-4-9-21-20(23-15-19(26)24(2)3)22-14-17-7-5-6-8-18(17)16-25-10-12-27-13-11-25/h4-8H,1,9-16H2,2-3H3,(H2,21,22,23). The fourth-order valence-electron chi connectivity index (χ4n) is 2.69. The highest BCUT2D eigenvalue weighted by Gasteiger charge is 2.12. The van der Waals surface area contributed by atoms with Gasteiger partial charge in [-0.2, -0.15) is 0 Å². The first-order chi connectivity index (χ1) is 13.1. The van der Waals surface area contributed by atoms with Gasteiger partial charge in [-0.05, 0) is 11.1 Å². The predicted molar refractivity (Wildman–Crippen MR) is 109 cm³/mol. The number of amides is 1. The zero-order valence-corrected chi connectivity index (χ0v) is 16.4. The van der Waals surface area contributed by atoms with Crippen LogP contribution in [0.1, 0.15) is 11.1 Å². The summed E-state index contributed by atoms with van der Waals surface area (Å²) in [6, 6.07) is 8.36. The third kappa shape index (κ3) is 7.40. The van der Waals surface area contributed by atoms with Gasteiger partial charge in [0.2, 0.25) is 5.91 Å². The highest BCUT2D eigenvalue weighted by Crippen LogP contribution is 2.14. The minimum atomic E-state index is -0.00387. The van der Waals surface area contributed by atoms with Gasteiger partial charge < -0.3 is 20.3 Å². The van der Waals surface area contributed by atoms with Crippen molar-refractivity contribution >= 4 is 11.9 Å². The van der Waals surface area contributed by atoms with Gasteiger partial charge in [-0.25, -0.2) is 4.99 Å². The molecule has 1 heterocycles. The normalized spacial score (nSPS) is 15.3. The highest BCUT2D eigenvalue weighted by molar-refractivity contribution is 5.86. The van der Waals surface area contributed by atoms with E-state index >= 15 is 0 Å². The van der Waals surface area contributed by atoms with Crippen molar-refractivity contribution in [3.05, 3.63) is 48.0 Å². The van der Waals surface area contributed by atoms with Crippen molar-refractivity contribution in [2.45, 2.75) is 13.1 Å². The average molecular weight is 374 g/mol. The molecule has 0 aliphatic carbocycles. The van der Waals surface area contributed by atoms with Crippen molar-refractivity contribution in [2.75, 3.05) is 53.5 Å². The van der Waals surface area contributed by atoms with E-state index in [-0.39, 0.29) is 12.5 Å². The van der Waals surface area contributed by atoms with Gasteiger partial charge in [0.05, 0.1) is 26.3 Å². The number of morpholine rings is 1. The molecule has 1 aliphatic heterocycles. The predicted octanol–water partition coefficient (Wildman–Crippen LogP) is 0.828. The van der Waals surface area contributed by atoms with Crippen LogP contribution < -0.4 is 10.6 Å². The number of hydrogen-bond acceptors (Lipinski definition) is 4. The molecule has 1 aliphatic rings. The molecule has 0 saturated carbocycles. The summed E-state index contributed by atoms with van der Waals surface area (Å²) < 4.78 is 5.43. The lowest BCUT2D eigenvalue weighted by Crippen LogP contribution is -2.43. The molecular formula is C20H31N5O2. The molecule has 7 nitrogen and oxygen atoms in total. The summed E-state index contributed by atoms with van der Waals surface area (Å²) in [6.45, 7) is 9.44. The Morgan fingerprint density at radius 1 is 1.26 bits per heavy atom. The van der Waals surface area contributed by atoms with Crippen molar-refractivity contribution in [1.29, 1.82) is 0 Å². The van der Waals surface area contributed by atoms with E-state index in [0.717, 1.165) is 32.8 Å². The molecule has 0 unspecified atom stereocenters. The Kier molecular flexibility index (Phi) is 8.80. The summed E-state index contributed by atoms with van der Waals surface area (Å²) in [6.07, 6.45) is 1.76. The molecule has 27 heavy (non-hydrogen) atoms. The van der Waals surface area contributed by atoms with Gasteiger partial charge in [0.15, 0.2) is 5.96 Å². The van der Waals surface area contributed by atoms with Crippen LogP contribution in [0.5, 0.6) is 0 Å². The molecule has 148 valence electrons. The lowest BCUT2D eigenvalue weighted by molar-refractivity contribution is -0.127. The van der Waals surface area contributed by atoms with Crippen LogP contribution in [-0.2, 0) is 22.6 Å². The van der Waals surface area contributed by atoms with E-state index in [0.29, 0.717) is 19.0 Å². The van der Waals surface area contributed by atoms with Crippen molar-refractivity contribution < 1.29 is 9.53 Å². The van der Waals surface area contributed by atoms with Gasteiger partial charge in [-0.3, -0.25) is 9.69 Å². The number of aliphatic imine (C=N–C) groups is 1. The van der Waals surface area contributed by atoms with Gasteiger partial charge in [0.25, 0.3) is 0 Å². The molecule has 0 atom stereocenters. The summed E-state index contributed by atoms with van der Waals surface area (Å²) in [7, 11) is 3.47. The van der Waals surface area contributed by atoms with Gasteiger partial charge >= 0.3 is 0 Å². The van der Waals surface area contributed by atoms with Crippen LogP contribution in [0.15, 0.2) is 41.9 Å². The van der Waals surface area contributed by atoms with E-state index < -0.39 is 0 Å². The number of ether oxygens (including phenoxy) is 1. The zero-order chi connectivity index (χ0) is 19.5. The topological polar surface area (TPSA) is 69.2 Å². The second kappa shape index (κ2) is 11.4. The second-order valence-electron chi connectivity index (χ2n) is 6.63. The average Bonchev–Trinajstić information content (AvgIpc) is 2.69. The van der Waals surface area contributed by atoms with E-state index in [4.69, 9.17) is 4.74 Å². The van der Waals surface area contributed by atoms with Crippen molar-refractivity contribution in [3.8, 4) is 0 Å². The van der Waals surface area contributed by atoms with Gasteiger partial charge in [-0.1, -0.05) is 30.3 Å². The Morgan fingerprint density at radius 2 is 1.96 bits per heavy atom. The molecule has 2 N–H and O–H groups in total. The van der Waals surface area contributed by atoms with E-state index in [1.165, 1.54) is 11.1 Å². The third-order valence-corrected chi connectivity index (χ3v) is 4.34. The number of nitrogens with zero attached hydrogens (tertiary/aromatic N) is 3. The zero-order valence-electron chi connectivity index (χ0n) is 16.4. The fraction of sp³-hybridized carbons (Fsp3) is 0.500. The number of nitrogens with one attached hydrogen (secondary N) is 2. The monoisotopic (exact) mass is 373 g/mol. The Bertz CT molecular complexity index is 639. The maximum Gasteiger partial charge on any atom is 0.241 e. The van der Waals surface area contributed by atoms with Crippen LogP contribution in [0.4, 0.5) is 0 Å². The second-order valence-corrected chi connectivity index (χ2v) is 6.63. The van der Waals surface area contributed by atoms with Gasteiger partial charge in [0, 0.05) is 40.3 Å². The number of guanidine groups is 1. The molecule has 0 bridgehead atoms. The summed E-state index contributed by atoms with van der Waals surface area (Å²) in [4.78, 5) is 20.4. The van der Waals surface area contributed by atoms with Crippen LogP contribution in [0.2, 0.25) is 0 Å². The molecule has 0 spiro atoms. The molecule has 1 aromatic carbocycles. The fourth-order valence-corrected chi connectivity index (χ4v) is 2.69. The van der Waals surface area contributed by atoms with Gasteiger partial charge in [0.1, 0.15) is 0 Å². The van der Waals surface area contributed by atoms with Gasteiger partial charge in [-0.15, -0.1) is 6.58 Å². The Hall–Kier alpha value is -2.38. The number of hydrogen-bond donors (Lipinski definition) is 2. The molecule has 1 aromatic rings. The maximum atomic E-state index is 11.8. The van der Waals surface area contributed by atoms with Crippen LogP contribution in [0, 0.1) is 0 Å². The summed E-state index contributed by atoms with van der Waals surface area (Å²) in [5.41, 5.74) is 2.46. The maximum absolute atomic E-state index is 11.8. The summed E-state index contributed by atoms with van der Waals surface area (Å²) in [5.74, 6) is 0.599. The van der Waals surface area contributed by atoms with E-state index in [9.17, 15) is 4.79 Å². The van der Waals surface area contributed by atoms with E-state index in [1.54, 1.807) is 25.1 Å². The van der Waals surface area contributed by atoms with Crippen molar-refractivity contribution in [2.24, 2.45) is 4.99 Å². The van der Waals surface area contributed by atoms with Crippen molar-refractivity contribution in [1.82, 2.24) is 20.4 Å². The quantitative estimate of drug-likeness (QED) is 0.401. The molecule has 0 aromatic heterocycles. The Labute approximate surface area is 162 Å². The Morgan fingerprint density at radius 3 is 2.63 bits per heavy atom. The van der Waals surface area contributed by atoms with Crippen LogP contribution >= 0.6 is 0 Å². The van der Waals surface area contributed by atoms with E-state index in [2.05, 4.69) is 45.3 Å². The number of rotatable bonds is 8. The summed E-state index contributed by atoms with van der Waals surface area (Å²) in [5, 5.41) is 6.24. The largest absolute Gasteiger partial charge is 0.379 e. The first-order valence-electron chi connectivity index (χ1n) is 9.30. The molecule has 1 amide bonds. The van der Waals surface area contributed by atoms with E-state index in [1.807, 2.05) is 6.07 Å². The molecule has 2 rings (SSSR count). The smallest absolute Gasteiger partial charge is 0.241 e. The lowest BCUT2D eigenvalue weighted by atomic mass is 10.1. The first kappa shape index (κ1) is 20.9. The van der Waals surface area contributed by atoms with Crippen LogP contribution in [-0.4, -0.2) is 75.2 Å². The lowest BCUT2D eigenvalue weighted by Gasteiger charge is -2.27. The SMILES string of the molecule is C=CCNC(=NCc1ccccc1CN1CCOCC1)NCC(=O)N(C)C. The minimum Gasteiger partial charge on any atom is -0.379 e. The van der Waals surface area contributed by atoms with Crippen LogP contribution in [0.3, 0.4) is 0 Å².